The second-order valence-electron chi connectivity index (χ2n) is 7.11. The Balaban J connectivity index is 2.63. The third-order valence-corrected chi connectivity index (χ3v) is 3.00. The summed E-state index contributed by atoms with van der Waals surface area (Å²) in [6.07, 6.45) is 2.45. The summed E-state index contributed by atoms with van der Waals surface area (Å²) in [6, 6.07) is 10.7. The maximum atomic E-state index is 6.22. The Morgan fingerprint density at radius 2 is 1.50 bits per heavy atom. The average molecular weight is 248 g/mol. The molecule has 1 nitrogen and oxygen atoms in total. The number of hydrogen-bond donors (Lipinski definition) is 0. The monoisotopic (exact) mass is 248 g/mol. The molecule has 0 saturated heterocycles. The van der Waals surface area contributed by atoms with Crippen molar-refractivity contribution in [2.45, 2.75) is 66.1 Å². The normalized spacial score (nSPS) is 14.6. The molecule has 0 bridgehead atoms. The molecule has 0 aliphatic heterocycles. The fourth-order valence-electron chi connectivity index (χ4n) is 2.04. The van der Waals surface area contributed by atoms with E-state index in [2.05, 4.69) is 71.9 Å². The lowest BCUT2D eigenvalue weighted by atomic mass is 9.85. The summed E-state index contributed by atoms with van der Waals surface area (Å²) in [5.74, 6) is 0. The van der Waals surface area contributed by atoms with Crippen LogP contribution in [0.25, 0.3) is 0 Å². The lowest BCUT2D eigenvalue weighted by molar-refractivity contribution is -0.107. The first kappa shape index (κ1) is 15.2. The summed E-state index contributed by atoms with van der Waals surface area (Å²) in [7, 11) is 0. The first-order valence-corrected chi connectivity index (χ1v) is 6.90. The lowest BCUT2D eigenvalue weighted by Crippen LogP contribution is -2.36. The van der Waals surface area contributed by atoms with Gasteiger partial charge in [-0.1, -0.05) is 51.1 Å². The smallest absolute Gasteiger partial charge is 0.0633 e. The van der Waals surface area contributed by atoms with E-state index >= 15 is 0 Å². The van der Waals surface area contributed by atoms with Crippen LogP contribution < -0.4 is 0 Å². The third-order valence-electron chi connectivity index (χ3n) is 3.00. The molecule has 0 heterocycles. The van der Waals surface area contributed by atoms with E-state index in [0.717, 1.165) is 12.8 Å². The van der Waals surface area contributed by atoms with Gasteiger partial charge in [-0.25, -0.2) is 0 Å². The van der Waals surface area contributed by atoms with E-state index in [-0.39, 0.29) is 17.1 Å². The molecule has 0 fully saturated rings. The van der Waals surface area contributed by atoms with E-state index < -0.39 is 0 Å². The van der Waals surface area contributed by atoms with Gasteiger partial charge in [-0.15, -0.1) is 0 Å². The van der Waals surface area contributed by atoms with Gasteiger partial charge in [-0.05, 0) is 44.6 Å². The SMILES string of the molecule is CC(C)(C)OC(CCc1ccccc1)C(C)(C)C. The predicted molar refractivity (Wildman–Crippen MR) is 78.8 cm³/mol. The maximum Gasteiger partial charge on any atom is 0.0633 e. The van der Waals surface area contributed by atoms with E-state index in [0.29, 0.717) is 0 Å². The highest BCUT2D eigenvalue weighted by Crippen LogP contribution is 2.29. The summed E-state index contributed by atoms with van der Waals surface area (Å²) in [5.41, 5.74) is 1.50. The van der Waals surface area contributed by atoms with E-state index in [1.165, 1.54) is 5.56 Å². The number of rotatable bonds is 4. The van der Waals surface area contributed by atoms with E-state index in [1.54, 1.807) is 0 Å². The Bertz CT molecular complexity index is 340. The minimum absolute atomic E-state index is 0.0748. The van der Waals surface area contributed by atoms with Gasteiger partial charge in [-0.2, -0.15) is 0 Å². The van der Waals surface area contributed by atoms with Crippen LogP contribution >= 0.6 is 0 Å². The van der Waals surface area contributed by atoms with Crippen molar-refractivity contribution in [3.05, 3.63) is 35.9 Å². The molecule has 0 aliphatic rings. The fraction of sp³-hybridized carbons (Fsp3) is 0.647. The van der Waals surface area contributed by atoms with Crippen LogP contribution in [0.15, 0.2) is 30.3 Å². The standard InChI is InChI=1S/C17H28O/c1-16(2,3)15(18-17(4,5)6)13-12-14-10-8-7-9-11-14/h7-11,15H,12-13H2,1-6H3. The van der Waals surface area contributed by atoms with Crippen molar-refractivity contribution in [3.8, 4) is 0 Å². The Morgan fingerprint density at radius 1 is 0.944 bits per heavy atom. The van der Waals surface area contributed by atoms with Gasteiger partial charge in [0.25, 0.3) is 0 Å². The van der Waals surface area contributed by atoms with Crippen LogP contribution in [0, 0.1) is 5.41 Å². The van der Waals surface area contributed by atoms with E-state index in [9.17, 15) is 0 Å². The Morgan fingerprint density at radius 3 is 1.94 bits per heavy atom. The van der Waals surface area contributed by atoms with Gasteiger partial charge in [0.1, 0.15) is 0 Å². The van der Waals surface area contributed by atoms with Crippen molar-refractivity contribution >= 4 is 0 Å². The molecule has 0 radical (unpaired) electrons. The molecule has 0 saturated carbocycles. The topological polar surface area (TPSA) is 9.23 Å². The van der Waals surface area contributed by atoms with Crippen LogP contribution in [0.2, 0.25) is 0 Å². The van der Waals surface area contributed by atoms with Crippen molar-refractivity contribution < 1.29 is 4.74 Å². The molecule has 0 N–H and O–H groups in total. The summed E-state index contributed by atoms with van der Waals surface area (Å²) in [4.78, 5) is 0. The zero-order valence-electron chi connectivity index (χ0n) is 12.8. The maximum absolute atomic E-state index is 6.22. The van der Waals surface area contributed by atoms with Gasteiger partial charge in [0, 0.05) is 0 Å². The molecule has 1 aromatic rings. The molecule has 1 rings (SSSR count). The molecule has 0 spiro atoms. The van der Waals surface area contributed by atoms with Crippen molar-refractivity contribution in [2.75, 3.05) is 0 Å². The molecule has 0 aromatic heterocycles. The summed E-state index contributed by atoms with van der Waals surface area (Å²) in [5, 5.41) is 0. The van der Waals surface area contributed by atoms with Crippen LogP contribution in [-0.4, -0.2) is 11.7 Å². The van der Waals surface area contributed by atoms with E-state index in [4.69, 9.17) is 4.74 Å². The summed E-state index contributed by atoms with van der Waals surface area (Å²) < 4.78 is 6.22. The zero-order valence-corrected chi connectivity index (χ0v) is 12.8. The van der Waals surface area contributed by atoms with Crippen LogP contribution in [0.1, 0.15) is 53.5 Å². The minimum Gasteiger partial charge on any atom is -0.372 e. The predicted octanol–water partition coefficient (Wildman–Crippen LogP) is 4.85. The molecule has 18 heavy (non-hydrogen) atoms. The summed E-state index contributed by atoms with van der Waals surface area (Å²) in [6.45, 7) is 13.2. The highest BCUT2D eigenvalue weighted by Gasteiger charge is 2.29. The largest absolute Gasteiger partial charge is 0.372 e. The Hall–Kier alpha value is -0.820. The molecular weight excluding hydrogens is 220 g/mol. The van der Waals surface area contributed by atoms with E-state index in [1.807, 2.05) is 0 Å². The minimum atomic E-state index is -0.0748. The highest BCUT2D eigenvalue weighted by atomic mass is 16.5. The zero-order chi connectivity index (χ0) is 13.8. The summed E-state index contributed by atoms with van der Waals surface area (Å²) >= 11 is 0. The molecule has 0 amide bonds. The molecule has 1 atom stereocenters. The molecule has 1 unspecified atom stereocenters. The van der Waals surface area contributed by atoms with Gasteiger partial charge < -0.3 is 4.74 Å². The van der Waals surface area contributed by atoms with Crippen LogP contribution in [0.4, 0.5) is 0 Å². The van der Waals surface area contributed by atoms with Crippen LogP contribution in [0.3, 0.4) is 0 Å². The number of hydrogen-bond acceptors (Lipinski definition) is 1. The van der Waals surface area contributed by atoms with Crippen molar-refractivity contribution in [3.63, 3.8) is 0 Å². The van der Waals surface area contributed by atoms with Crippen LogP contribution in [-0.2, 0) is 11.2 Å². The van der Waals surface area contributed by atoms with Crippen molar-refractivity contribution in [1.29, 1.82) is 0 Å². The molecule has 102 valence electrons. The first-order valence-electron chi connectivity index (χ1n) is 6.90. The lowest BCUT2D eigenvalue weighted by Gasteiger charge is -2.36. The van der Waals surface area contributed by atoms with Crippen molar-refractivity contribution in [2.24, 2.45) is 5.41 Å². The highest BCUT2D eigenvalue weighted by molar-refractivity contribution is 5.14. The average Bonchev–Trinajstić information content (AvgIpc) is 2.22. The number of benzene rings is 1. The van der Waals surface area contributed by atoms with Crippen LogP contribution in [0.5, 0.6) is 0 Å². The molecular formula is C17H28O. The Labute approximate surface area is 113 Å². The Kier molecular flexibility index (Phi) is 4.98. The molecule has 0 aliphatic carbocycles. The van der Waals surface area contributed by atoms with Gasteiger partial charge in [0.15, 0.2) is 0 Å². The third kappa shape index (κ3) is 5.68. The molecule has 1 aromatic carbocycles. The number of ether oxygens (including phenoxy) is 1. The fourth-order valence-corrected chi connectivity index (χ4v) is 2.04. The number of aryl methyl sites for hydroxylation is 1. The van der Waals surface area contributed by atoms with Crippen molar-refractivity contribution in [1.82, 2.24) is 0 Å². The van der Waals surface area contributed by atoms with Gasteiger partial charge in [-0.3, -0.25) is 0 Å². The van der Waals surface area contributed by atoms with Gasteiger partial charge in [0.2, 0.25) is 0 Å². The van der Waals surface area contributed by atoms with Gasteiger partial charge >= 0.3 is 0 Å². The quantitative estimate of drug-likeness (QED) is 0.740. The van der Waals surface area contributed by atoms with Gasteiger partial charge in [0.05, 0.1) is 11.7 Å². The molecule has 1 heteroatoms. The second kappa shape index (κ2) is 5.88. The second-order valence-corrected chi connectivity index (χ2v) is 7.11. The first-order chi connectivity index (χ1) is 8.18.